The van der Waals surface area contributed by atoms with E-state index in [4.69, 9.17) is 0 Å². The molecule has 0 aliphatic heterocycles. The fourth-order valence-corrected chi connectivity index (χ4v) is 2.30. The van der Waals surface area contributed by atoms with Crippen molar-refractivity contribution in [2.45, 2.75) is 19.9 Å². The molecule has 5 nitrogen and oxygen atoms in total. The summed E-state index contributed by atoms with van der Waals surface area (Å²) in [5.41, 5.74) is 2.22. The smallest absolute Gasteiger partial charge is 0.193 e. The van der Waals surface area contributed by atoms with Crippen molar-refractivity contribution in [3.05, 3.63) is 53.6 Å². The monoisotopic (exact) mass is 317 g/mol. The molecule has 0 amide bonds. The SMILES string of the molecule is CCNC(=NCCc1cnn(C)c1)N(C)Cc1ccc(F)cc1. The average molecular weight is 317 g/mol. The lowest BCUT2D eigenvalue weighted by Gasteiger charge is -2.22. The molecule has 124 valence electrons. The highest BCUT2D eigenvalue weighted by atomic mass is 19.1. The van der Waals surface area contributed by atoms with Gasteiger partial charge in [0.15, 0.2) is 5.96 Å². The van der Waals surface area contributed by atoms with E-state index >= 15 is 0 Å². The van der Waals surface area contributed by atoms with Gasteiger partial charge < -0.3 is 10.2 Å². The third kappa shape index (κ3) is 5.39. The van der Waals surface area contributed by atoms with Gasteiger partial charge >= 0.3 is 0 Å². The van der Waals surface area contributed by atoms with Gasteiger partial charge in [0.2, 0.25) is 0 Å². The van der Waals surface area contributed by atoms with Crippen molar-refractivity contribution < 1.29 is 4.39 Å². The van der Waals surface area contributed by atoms with E-state index in [1.807, 2.05) is 38.3 Å². The molecule has 0 saturated carbocycles. The number of aromatic nitrogens is 2. The fraction of sp³-hybridized carbons (Fsp3) is 0.412. The fourth-order valence-electron chi connectivity index (χ4n) is 2.30. The number of hydrogen-bond donors (Lipinski definition) is 1. The molecule has 2 rings (SSSR count). The quantitative estimate of drug-likeness (QED) is 0.656. The number of benzene rings is 1. The van der Waals surface area contributed by atoms with E-state index in [2.05, 4.69) is 15.4 Å². The number of nitrogens with one attached hydrogen (secondary N) is 1. The van der Waals surface area contributed by atoms with E-state index in [9.17, 15) is 4.39 Å². The zero-order chi connectivity index (χ0) is 16.7. The standard InChI is InChI=1S/C17H24FN5/c1-4-19-17(20-10-9-15-11-21-23(3)13-15)22(2)12-14-5-7-16(18)8-6-14/h5-8,11,13H,4,9-10,12H2,1-3H3,(H,19,20). The molecule has 0 aliphatic rings. The predicted octanol–water partition coefficient (Wildman–Crippen LogP) is 2.20. The van der Waals surface area contributed by atoms with Crippen LogP contribution in [0.5, 0.6) is 0 Å². The second kappa shape index (κ2) is 8.31. The van der Waals surface area contributed by atoms with Gasteiger partial charge in [0.1, 0.15) is 5.82 Å². The highest BCUT2D eigenvalue weighted by molar-refractivity contribution is 5.79. The second-order valence-electron chi connectivity index (χ2n) is 5.49. The Morgan fingerprint density at radius 3 is 2.65 bits per heavy atom. The summed E-state index contributed by atoms with van der Waals surface area (Å²) in [4.78, 5) is 6.69. The van der Waals surface area contributed by atoms with Gasteiger partial charge in [-0.3, -0.25) is 9.67 Å². The number of rotatable bonds is 6. The maximum Gasteiger partial charge on any atom is 0.193 e. The first kappa shape index (κ1) is 17.0. The molecule has 0 bridgehead atoms. The first-order valence-electron chi connectivity index (χ1n) is 7.80. The van der Waals surface area contributed by atoms with Gasteiger partial charge in [-0.1, -0.05) is 12.1 Å². The van der Waals surface area contributed by atoms with Crippen molar-refractivity contribution in [2.75, 3.05) is 20.1 Å². The zero-order valence-corrected chi connectivity index (χ0v) is 14.0. The minimum atomic E-state index is -0.214. The Hall–Kier alpha value is -2.37. The van der Waals surface area contributed by atoms with Crippen LogP contribution in [0.15, 0.2) is 41.7 Å². The van der Waals surface area contributed by atoms with Gasteiger partial charge in [0.05, 0.1) is 6.20 Å². The molecule has 6 heteroatoms. The van der Waals surface area contributed by atoms with Crippen LogP contribution in [0.2, 0.25) is 0 Å². The molecule has 0 radical (unpaired) electrons. The molecule has 0 fully saturated rings. The normalized spacial score (nSPS) is 11.6. The highest BCUT2D eigenvalue weighted by Crippen LogP contribution is 2.06. The Morgan fingerprint density at radius 2 is 2.04 bits per heavy atom. The zero-order valence-electron chi connectivity index (χ0n) is 14.0. The molecule has 0 spiro atoms. The third-order valence-corrected chi connectivity index (χ3v) is 3.45. The van der Waals surface area contributed by atoms with Crippen LogP contribution in [-0.2, 0) is 20.0 Å². The Kier molecular flexibility index (Phi) is 6.14. The van der Waals surface area contributed by atoms with Gasteiger partial charge in [-0.2, -0.15) is 5.10 Å². The third-order valence-electron chi connectivity index (χ3n) is 3.45. The predicted molar refractivity (Wildman–Crippen MR) is 90.8 cm³/mol. The molecule has 1 N–H and O–H groups in total. The summed E-state index contributed by atoms with van der Waals surface area (Å²) >= 11 is 0. The lowest BCUT2D eigenvalue weighted by Crippen LogP contribution is -2.38. The summed E-state index contributed by atoms with van der Waals surface area (Å²) in [6.45, 7) is 4.22. The van der Waals surface area contributed by atoms with Crippen molar-refractivity contribution >= 4 is 5.96 Å². The van der Waals surface area contributed by atoms with Gasteiger partial charge in [-0.15, -0.1) is 0 Å². The van der Waals surface area contributed by atoms with Crippen LogP contribution in [-0.4, -0.2) is 40.8 Å². The minimum absolute atomic E-state index is 0.214. The lowest BCUT2D eigenvalue weighted by atomic mass is 10.2. The van der Waals surface area contributed by atoms with Gasteiger partial charge in [0, 0.05) is 39.9 Å². The number of aliphatic imine (C=N–C) groups is 1. The van der Waals surface area contributed by atoms with Crippen LogP contribution in [0.1, 0.15) is 18.1 Å². The van der Waals surface area contributed by atoms with Crippen molar-refractivity contribution in [2.24, 2.45) is 12.0 Å². The summed E-state index contributed by atoms with van der Waals surface area (Å²) in [5, 5.41) is 7.45. The van der Waals surface area contributed by atoms with Crippen LogP contribution in [0.25, 0.3) is 0 Å². The summed E-state index contributed by atoms with van der Waals surface area (Å²) in [7, 11) is 3.89. The van der Waals surface area contributed by atoms with E-state index in [0.717, 1.165) is 24.5 Å². The number of guanidine groups is 1. The molecule has 1 aromatic carbocycles. The Labute approximate surface area is 136 Å². The number of nitrogens with zero attached hydrogens (tertiary/aromatic N) is 4. The van der Waals surface area contributed by atoms with Crippen LogP contribution < -0.4 is 5.32 Å². The molecule has 1 aromatic heterocycles. The molecule has 0 unspecified atom stereocenters. The maximum absolute atomic E-state index is 13.0. The number of aryl methyl sites for hydroxylation is 1. The van der Waals surface area contributed by atoms with Crippen LogP contribution in [0.3, 0.4) is 0 Å². The highest BCUT2D eigenvalue weighted by Gasteiger charge is 2.06. The number of hydrogen-bond acceptors (Lipinski definition) is 2. The minimum Gasteiger partial charge on any atom is -0.357 e. The Balaban J connectivity index is 1.95. The van der Waals surface area contributed by atoms with Crippen molar-refractivity contribution in [3.63, 3.8) is 0 Å². The molecule has 0 aliphatic carbocycles. The second-order valence-corrected chi connectivity index (χ2v) is 5.49. The first-order chi connectivity index (χ1) is 11.1. The largest absolute Gasteiger partial charge is 0.357 e. The molecule has 2 aromatic rings. The molecule has 23 heavy (non-hydrogen) atoms. The summed E-state index contributed by atoms with van der Waals surface area (Å²) in [5.74, 6) is 0.633. The van der Waals surface area contributed by atoms with E-state index in [0.29, 0.717) is 13.1 Å². The van der Waals surface area contributed by atoms with Gasteiger partial charge in [-0.25, -0.2) is 4.39 Å². The maximum atomic E-state index is 13.0. The van der Waals surface area contributed by atoms with E-state index in [1.54, 1.807) is 16.8 Å². The van der Waals surface area contributed by atoms with Crippen molar-refractivity contribution in [1.82, 2.24) is 20.0 Å². The van der Waals surface area contributed by atoms with E-state index in [-0.39, 0.29) is 5.82 Å². The summed E-state index contributed by atoms with van der Waals surface area (Å²) in [6, 6.07) is 6.56. The van der Waals surface area contributed by atoms with E-state index < -0.39 is 0 Å². The molecule has 0 saturated heterocycles. The van der Waals surface area contributed by atoms with Gasteiger partial charge in [0.25, 0.3) is 0 Å². The molecular formula is C17H24FN5. The number of halogens is 1. The van der Waals surface area contributed by atoms with Crippen molar-refractivity contribution in [3.8, 4) is 0 Å². The molecule has 0 atom stereocenters. The molecule has 1 heterocycles. The van der Waals surface area contributed by atoms with Crippen molar-refractivity contribution in [1.29, 1.82) is 0 Å². The van der Waals surface area contributed by atoms with Crippen LogP contribution >= 0.6 is 0 Å². The average Bonchev–Trinajstić information content (AvgIpc) is 2.94. The first-order valence-corrected chi connectivity index (χ1v) is 7.80. The lowest BCUT2D eigenvalue weighted by molar-refractivity contribution is 0.476. The Morgan fingerprint density at radius 1 is 1.30 bits per heavy atom. The van der Waals surface area contributed by atoms with E-state index in [1.165, 1.54) is 17.7 Å². The topological polar surface area (TPSA) is 45.5 Å². The summed E-state index contributed by atoms with van der Waals surface area (Å²) < 4.78 is 14.8. The van der Waals surface area contributed by atoms with Crippen LogP contribution in [0.4, 0.5) is 4.39 Å². The van der Waals surface area contributed by atoms with Crippen LogP contribution in [0, 0.1) is 5.82 Å². The molecular weight excluding hydrogens is 293 g/mol. The summed E-state index contributed by atoms with van der Waals surface area (Å²) in [6.07, 6.45) is 4.72. The Bertz CT molecular complexity index is 633. The van der Waals surface area contributed by atoms with Gasteiger partial charge in [-0.05, 0) is 36.6 Å².